The van der Waals surface area contributed by atoms with Crippen molar-refractivity contribution in [3.8, 4) is 6.07 Å². The van der Waals surface area contributed by atoms with Crippen molar-refractivity contribution in [3.05, 3.63) is 0 Å². The minimum Gasteiger partial charge on any atom is -0.314 e. The first-order valence-electron chi connectivity index (χ1n) is 7.02. The Morgan fingerprint density at radius 2 is 1.76 bits per heavy atom. The molecule has 1 N–H and O–H groups in total. The molecule has 0 heterocycles. The molecule has 100 valence electrons. The first-order valence-corrected chi connectivity index (χ1v) is 7.02. The maximum absolute atomic E-state index is 8.90. The molecule has 2 nitrogen and oxygen atoms in total. The minimum absolute atomic E-state index is 0.150. The van der Waals surface area contributed by atoms with E-state index < -0.39 is 0 Å². The highest BCUT2D eigenvalue weighted by Crippen LogP contribution is 2.21. The summed E-state index contributed by atoms with van der Waals surface area (Å²) in [6.07, 6.45) is 5.89. The van der Waals surface area contributed by atoms with Gasteiger partial charge in [0.1, 0.15) is 0 Å². The highest BCUT2D eigenvalue weighted by atomic mass is 14.9. The molecule has 17 heavy (non-hydrogen) atoms. The second-order valence-corrected chi connectivity index (χ2v) is 6.28. The number of hydrogen-bond acceptors (Lipinski definition) is 2. The fourth-order valence-corrected chi connectivity index (χ4v) is 1.78. The molecule has 0 aliphatic heterocycles. The maximum atomic E-state index is 8.90. The van der Waals surface area contributed by atoms with Crippen LogP contribution in [0.1, 0.15) is 66.7 Å². The van der Waals surface area contributed by atoms with Crippen molar-refractivity contribution >= 4 is 0 Å². The van der Waals surface area contributed by atoms with Crippen LogP contribution in [0.15, 0.2) is 0 Å². The molecule has 0 aliphatic carbocycles. The SMILES string of the molecule is CC(C)CCC(C)NCCCCC(C)(C)C#N. The van der Waals surface area contributed by atoms with E-state index >= 15 is 0 Å². The van der Waals surface area contributed by atoms with Gasteiger partial charge >= 0.3 is 0 Å². The number of nitriles is 1. The average Bonchev–Trinajstić information content (AvgIpc) is 2.25. The van der Waals surface area contributed by atoms with Crippen LogP contribution in [0.2, 0.25) is 0 Å². The highest BCUT2D eigenvalue weighted by Gasteiger charge is 2.15. The van der Waals surface area contributed by atoms with Crippen LogP contribution in [0.25, 0.3) is 0 Å². The molecule has 0 aromatic carbocycles. The van der Waals surface area contributed by atoms with Crippen LogP contribution >= 0.6 is 0 Å². The van der Waals surface area contributed by atoms with E-state index in [1.54, 1.807) is 0 Å². The van der Waals surface area contributed by atoms with Crippen molar-refractivity contribution < 1.29 is 0 Å². The summed E-state index contributed by atoms with van der Waals surface area (Å²) in [4.78, 5) is 0. The lowest BCUT2D eigenvalue weighted by Gasteiger charge is -2.17. The van der Waals surface area contributed by atoms with Crippen LogP contribution in [0.3, 0.4) is 0 Å². The Balaban J connectivity index is 3.43. The van der Waals surface area contributed by atoms with E-state index in [9.17, 15) is 0 Å². The third-order valence-electron chi connectivity index (χ3n) is 3.20. The normalized spacial score (nSPS) is 13.7. The molecule has 2 heteroatoms. The summed E-state index contributed by atoms with van der Waals surface area (Å²) in [5.41, 5.74) is -0.150. The molecule has 0 radical (unpaired) electrons. The van der Waals surface area contributed by atoms with Crippen molar-refractivity contribution in [1.82, 2.24) is 5.32 Å². The molecule has 0 fully saturated rings. The van der Waals surface area contributed by atoms with E-state index in [2.05, 4.69) is 32.2 Å². The van der Waals surface area contributed by atoms with Crippen LogP contribution < -0.4 is 5.32 Å². The van der Waals surface area contributed by atoms with Gasteiger partial charge in [-0.3, -0.25) is 0 Å². The van der Waals surface area contributed by atoms with Crippen molar-refractivity contribution in [2.24, 2.45) is 11.3 Å². The topological polar surface area (TPSA) is 35.8 Å². The predicted octanol–water partition coefficient (Wildman–Crippen LogP) is 4.12. The average molecular weight is 238 g/mol. The number of unbranched alkanes of at least 4 members (excludes halogenated alkanes) is 1. The molecule has 0 saturated carbocycles. The Labute approximate surface area is 108 Å². The van der Waals surface area contributed by atoms with Gasteiger partial charge in [0.25, 0.3) is 0 Å². The third kappa shape index (κ3) is 10.3. The van der Waals surface area contributed by atoms with Crippen molar-refractivity contribution in [2.75, 3.05) is 6.54 Å². The van der Waals surface area contributed by atoms with E-state index in [4.69, 9.17) is 5.26 Å². The molecule has 1 atom stereocenters. The van der Waals surface area contributed by atoms with E-state index in [0.29, 0.717) is 6.04 Å². The summed E-state index contributed by atoms with van der Waals surface area (Å²) in [5.74, 6) is 0.802. The summed E-state index contributed by atoms with van der Waals surface area (Å²) in [5, 5.41) is 12.5. The van der Waals surface area contributed by atoms with Gasteiger partial charge < -0.3 is 5.32 Å². The fraction of sp³-hybridized carbons (Fsp3) is 0.933. The molecule has 0 rings (SSSR count). The molecular weight excluding hydrogens is 208 g/mol. The quantitative estimate of drug-likeness (QED) is 0.613. The zero-order valence-electron chi connectivity index (χ0n) is 12.3. The summed E-state index contributed by atoms with van der Waals surface area (Å²) in [6, 6.07) is 2.98. The van der Waals surface area contributed by atoms with Crippen molar-refractivity contribution in [1.29, 1.82) is 5.26 Å². The second kappa shape index (κ2) is 8.53. The van der Waals surface area contributed by atoms with Gasteiger partial charge in [0.15, 0.2) is 0 Å². The number of nitrogens with one attached hydrogen (secondary N) is 1. The first kappa shape index (κ1) is 16.4. The smallest absolute Gasteiger partial charge is 0.0683 e. The van der Waals surface area contributed by atoms with Gasteiger partial charge in [-0.25, -0.2) is 0 Å². The number of rotatable bonds is 9. The van der Waals surface area contributed by atoms with Crippen LogP contribution in [0.4, 0.5) is 0 Å². The minimum atomic E-state index is -0.150. The summed E-state index contributed by atoms with van der Waals surface area (Å²) in [7, 11) is 0. The van der Waals surface area contributed by atoms with Crippen molar-refractivity contribution in [2.45, 2.75) is 72.8 Å². The van der Waals surface area contributed by atoms with E-state index in [0.717, 1.165) is 25.3 Å². The summed E-state index contributed by atoms with van der Waals surface area (Å²) < 4.78 is 0. The molecule has 0 saturated heterocycles. The standard InChI is InChI=1S/C15H30N2/c1-13(2)8-9-14(3)17-11-7-6-10-15(4,5)12-16/h13-14,17H,6-11H2,1-5H3. The van der Waals surface area contributed by atoms with E-state index in [1.165, 1.54) is 19.3 Å². The Bertz CT molecular complexity index is 226. The Hall–Kier alpha value is -0.550. The maximum Gasteiger partial charge on any atom is 0.0683 e. The second-order valence-electron chi connectivity index (χ2n) is 6.28. The lowest BCUT2D eigenvalue weighted by Crippen LogP contribution is -2.27. The molecule has 0 amide bonds. The van der Waals surface area contributed by atoms with Gasteiger partial charge in [-0.15, -0.1) is 0 Å². The Morgan fingerprint density at radius 3 is 2.29 bits per heavy atom. The zero-order valence-corrected chi connectivity index (χ0v) is 12.3. The molecule has 0 bridgehead atoms. The summed E-state index contributed by atoms with van der Waals surface area (Å²) >= 11 is 0. The number of hydrogen-bond donors (Lipinski definition) is 1. The largest absolute Gasteiger partial charge is 0.314 e. The van der Waals surface area contributed by atoms with Crippen LogP contribution in [0, 0.1) is 22.7 Å². The molecule has 0 spiro atoms. The monoisotopic (exact) mass is 238 g/mol. The zero-order chi connectivity index (χ0) is 13.3. The molecule has 0 aliphatic rings. The van der Waals surface area contributed by atoms with Crippen LogP contribution in [-0.4, -0.2) is 12.6 Å². The number of nitrogens with zero attached hydrogens (tertiary/aromatic N) is 1. The van der Waals surface area contributed by atoms with Crippen LogP contribution in [-0.2, 0) is 0 Å². The predicted molar refractivity (Wildman–Crippen MR) is 74.8 cm³/mol. The fourth-order valence-electron chi connectivity index (χ4n) is 1.78. The summed E-state index contributed by atoms with van der Waals surface area (Å²) in [6.45, 7) is 11.9. The Kier molecular flexibility index (Phi) is 8.25. The highest BCUT2D eigenvalue weighted by molar-refractivity contribution is 4.91. The van der Waals surface area contributed by atoms with Crippen LogP contribution in [0.5, 0.6) is 0 Å². The third-order valence-corrected chi connectivity index (χ3v) is 3.20. The van der Waals surface area contributed by atoms with Gasteiger partial charge in [-0.2, -0.15) is 5.26 Å². The first-order chi connectivity index (χ1) is 7.87. The van der Waals surface area contributed by atoms with Crippen molar-refractivity contribution in [3.63, 3.8) is 0 Å². The lowest BCUT2D eigenvalue weighted by molar-refractivity contribution is 0.406. The lowest BCUT2D eigenvalue weighted by atomic mass is 9.89. The van der Waals surface area contributed by atoms with E-state index in [-0.39, 0.29) is 5.41 Å². The van der Waals surface area contributed by atoms with Gasteiger partial charge in [0.2, 0.25) is 0 Å². The molecular formula is C15H30N2. The molecule has 0 aromatic heterocycles. The molecule has 1 unspecified atom stereocenters. The molecule has 0 aromatic rings. The van der Waals surface area contributed by atoms with Gasteiger partial charge in [0, 0.05) is 6.04 Å². The van der Waals surface area contributed by atoms with Gasteiger partial charge in [-0.1, -0.05) is 20.3 Å². The van der Waals surface area contributed by atoms with Gasteiger partial charge in [0.05, 0.1) is 11.5 Å². The van der Waals surface area contributed by atoms with E-state index in [1.807, 2.05) is 13.8 Å². The van der Waals surface area contributed by atoms with Gasteiger partial charge in [-0.05, 0) is 58.9 Å². The Morgan fingerprint density at radius 1 is 1.12 bits per heavy atom.